The molecule has 1 N–H and O–H groups in total. The molecule has 2 saturated heterocycles. The second-order valence-corrected chi connectivity index (χ2v) is 6.85. The smallest absolute Gasteiger partial charge is 0.303 e. The second kappa shape index (κ2) is 8.11. The Morgan fingerprint density at radius 3 is 2.62 bits per heavy atom. The average Bonchev–Trinajstić information content (AvgIpc) is 2.45. The van der Waals surface area contributed by atoms with Crippen molar-refractivity contribution in [3.8, 4) is 0 Å². The van der Waals surface area contributed by atoms with E-state index in [0.717, 1.165) is 58.8 Å². The van der Waals surface area contributed by atoms with Gasteiger partial charge in [-0.1, -0.05) is 13.8 Å². The van der Waals surface area contributed by atoms with Gasteiger partial charge in [-0.2, -0.15) is 0 Å². The molecule has 5 nitrogen and oxygen atoms in total. The van der Waals surface area contributed by atoms with Gasteiger partial charge >= 0.3 is 5.97 Å². The van der Waals surface area contributed by atoms with E-state index in [1.165, 1.54) is 0 Å². The Balaban J connectivity index is 1.95. The van der Waals surface area contributed by atoms with Gasteiger partial charge in [0.2, 0.25) is 0 Å². The van der Waals surface area contributed by atoms with E-state index < -0.39 is 5.97 Å². The van der Waals surface area contributed by atoms with Gasteiger partial charge in [0.15, 0.2) is 0 Å². The maximum atomic E-state index is 10.9. The zero-order valence-corrected chi connectivity index (χ0v) is 13.5. The standard InChI is InChI=1S/C16H30N2O3/c1-13(2)11-17-6-5-15(18-7-9-21-10-8-18)14(12-17)3-4-16(19)20/h13-15H,3-12H2,1-2H3,(H,19,20)/t14-,15+/m1/s1. The van der Waals surface area contributed by atoms with E-state index in [1.807, 2.05) is 0 Å². The summed E-state index contributed by atoms with van der Waals surface area (Å²) in [6, 6.07) is 0.539. The first-order chi connectivity index (χ1) is 10.1. The molecule has 122 valence electrons. The molecule has 0 spiro atoms. The fraction of sp³-hybridized carbons (Fsp3) is 0.938. The third-order valence-corrected chi connectivity index (χ3v) is 4.64. The van der Waals surface area contributed by atoms with Crippen LogP contribution in [-0.4, -0.2) is 72.9 Å². The predicted octanol–water partition coefficient (Wildman–Crippen LogP) is 1.53. The molecule has 0 unspecified atom stereocenters. The molecular formula is C16H30N2O3. The average molecular weight is 298 g/mol. The molecule has 2 aliphatic heterocycles. The zero-order chi connectivity index (χ0) is 15.2. The van der Waals surface area contributed by atoms with Crippen molar-refractivity contribution < 1.29 is 14.6 Å². The normalized spacial score (nSPS) is 28.9. The number of aliphatic carboxylic acids is 1. The second-order valence-electron chi connectivity index (χ2n) is 6.85. The first-order valence-corrected chi connectivity index (χ1v) is 8.32. The molecule has 2 aliphatic rings. The van der Waals surface area contributed by atoms with Gasteiger partial charge in [0, 0.05) is 38.6 Å². The van der Waals surface area contributed by atoms with Crippen LogP contribution in [0, 0.1) is 11.8 Å². The number of ether oxygens (including phenoxy) is 1. The molecule has 0 aliphatic carbocycles. The maximum absolute atomic E-state index is 10.9. The van der Waals surface area contributed by atoms with E-state index in [0.29, 0.717) is 24.3 Å². The summed E-state index contributed by atoms with van der Waals surface area (Å²) >= 11 is 0. The lowest BCUT2D eigenvalue weighted by Gasteiger charge is -2.45. The van der Waals surface area contributed by atoms with Crippen molar-refractivity contribution in [2.45, 2.75) is 39.2 Å². The Morgan fingerprint density at radius 1 is 1.29 bits per heavy atom. The highest BCUT2D eigenvalue weighted by molar-refractivity contribution is 5.66. The number of morpholine rings is 1. The maximum Gasteiger partial charge on any atom is 0.303 e. The highest BCUT2D eigenvalue weighted by Gasteiger charge is 2.34. The van der Waals surface area contributed by atoms with Crippen LogP contribution in [0.5, 0.6) is 0 Å². The van der Waals surface area contributed by atoms with Crippen molar-refractivity contribution in [2.24, 2.45) is 11.8 Å². The molecule has 5 heteroatoms. The fourth-order valence-electron chi connectivity index (χ4n) is 3.76. The summed E-state index contributed by atoms with van der Waals surface area (Å²) in [6.45, 7) is 11.4. The lowest BCUT2D eigenvalue weighted by atomic mass is 9.86. The number of hydrogen-bond acceptors (Lipinski definition) is 4. The number of rotatable bonds is 6. The van der Waals surface area contributed by atoms with Gasteiger partial charge in [-0.05, 0) is 31.2 Å². The Labute approximate surface area is 128 Å². The Kier molecular flexibility index (Phi) is 6.45. The van der Waals surface area contributed by atoms with E-state index in [2.05, 4.69) is 23.6 Å². The first-order valence-electron chi connectivity index (χ1n) is 8.32. The zero-order valence-electron chi connectivity index (χ0n) is 13.5. The molecule has 2 fully saturated rings. The van der Waals surface area contributed by atoms with Gasteiger partial charge in [0.05, 0.1) is 13.2 Å². The number of nitrogens with zero attached hydrogens (tertiary/aromatic N) is 2. The van der Waals surface area contributed by atoms with Gasteiger partial charge in [-0.25, -0.2) is 0 Å². The molecule has 2 heterocycles. The molecular weight excluding hydrogens is 268 g/mol. The topological polar surface area (TPSA) is 53.0 Å². The van der Waals surface area contributed by atoms with Crippen molar-refractivity contribution in [2.75, 3.05) is 45.9 Å². The summed E-state index contributed by atoms with van der Waals surface area (Å²) in [7, 11) is 0. The van der Waals surface area contributed by atoms with Crippen molar-refractivity contribution >= 4 is 5.97 Å². The largest absolute Gasteiger partial charge is 0.481 e. The molecule has 0 radical (unpaired) electrons. The SMILES string of the molecule is CC(C)CN1CC[C@H](N2CCOCC2)[C@H](CCC(=O)O)C1. The molecule has 2 atom stereocenters. The lowest BCUT2D eigenvalue weighted by Crippen LogP contribution is -2.54. The van der Waals surface area contributed by atoms with Gasteiger partial charge in [-0.15, -0.1) is 0 Å². The molecule has 0 aromatic heterocycles. The summed E-state index contributed by atoms with van der Waals surface area (Å²) in [5.74, 6) is 0.480. The number of carboxylic acids is 1. The molecule has 21 heavy (non-hydrogen) atoms. The van der Waals surface area contributed by atoms with Crippen molar-refractivity contribution in [1.82, 2.24) is 9.80 Å². The summed E-state index contributed by atoms with van der Waals surface area (Å²) < 4.78 is 5.45. The molecule has 0 aromatic rings. The van der Waals surface area contributed by atoms with E-state index in [1.54, 1.807) is 0 Å². The number of piperidine rings is 1. The van der Waals surface area contributed by atoms with Crippen LogP contribution in [0.3, 0.4) is 0 Å². The number of carboxylic acid groups (broad SMARTS) is 1. The summed E-state index contributed by atoms with van der Waals surface area (Å²) in [4.78, 5) is 16.0. The number of carbonyl (C=O) groups is 1. The molecule has 0 saturated carbocycles. The van der Waals surface area contributed by atoms with Crippen LogP contribution in [0.1, 0.15) is 33.1 Å². The van der Waals surface area contributed by atoms with Gasteiger partial charge in [0.1, 0.15) is 0 Å². The van der Waals surface area contributed by atoms with Crippen LogP contribution in [0.15, 0.2) is 0 Å². The van der Waals surface area contributed by atoms with Crippen LogP contribution >= 0.6 is 0 Å². The Morgan fingerprint density at radius 2 is 2.00 bits per heavy atom. The van der Waals surface area contributed by atoms with Crippen LogP contribution < -0.4 is 0 Å². The van der Waals surface area contributed by atoms with Crippen LogP contribution in [0.25, 0.3) is 0 Å². The molecule has 0 aromatic carbocycles. The minimum absolute atomic E-state index is 0.293. The quantitative estimate of drug-likeness (QED) is 0.806. The minimum Gasteiger partial charge on any atom is -0.481 e. The van der Waals surface area contributed by atoms with Gasteiger partial charge in [0.25, 0.3) is 0 Å². The lowest BCUT2D eigenvalue weighted by molar-refractivity contribution is -0.137. The first kappa shape index (κ1) is 16.7. The predicted molar refractivity (Wildman–Crippen MR) is 82.4 cm³/mol. The van der Waals surface area contributed by atoms with Crippen molar-refractivity contribution in [1.29, 1.82) is 0 Å². The minimum atomic E-state index is -0.670. The van der Waals surface area contributed by atoms with E-state index in [-0.39, 0.29) is 0 Å². The number of likely N-dealkylation sites (tertiary alicyclic amines) is 1. The Bertz CT molecular complexity index is 329. The van der Waals surface area contributed by atoms with Crippen LogP contribution in [0.4, 0.5) is 0 Å². The van der Waals surface area contributed by atoms with Crippen LogP contribution in [-0.2, 0) is 9.53 Å². The highest BCUT2D eigenvalue weighted by Crippen LogP contribution is 2.27. The molecule has 2 rings (SSSR count). The summed E-state index contributed by atoms with van der Waals surface area (Å²) in [5, 5.41) is 9.00. The molecule has 0 amide bonds. The summed E-state index contributed by atoms with van der Waals surface area (Å²) in [6.07, 6.45) is 2.25. The molecule has 0 bridgehead atoms. The van der Waals surface area contributed by atoms with Gasteiger partial charge < -0.3 is 14.7 Å². The van der Waals surface area contributed by atoms with Crippen molar-refractivity contribution in [3.63, 3.8) is 0 Å². The van der Waals surface area contributed by atoms with E-state index in [9.17, 15) is 4.79 Å². The summed E-state index contributed by atoms with van der Waals surface area (Å²) in [5.41, 5.74) is 0. The van der Waals surface area contributed by atoms with E-state index >= 15 is 0 Å². The Hall–Kier alpha value is -0.650. The van der Waals surface area contributed by atoms with Gasteiger partial charge in [-0.3, -0.25) is 9.69 Å². The van der Waals surface area contributed by atoms with E-state index in [4.69, 9.17) is 9.84 Å². The number of hydrogen-bond donors (Lipinski definition) is 1. The third-order valence-electron chi connectivity index (χ3n) is 4.64. The van der Waals surface area contributed by atoms with Crippen molar-refractivity contribution in [3.05, 3.63) is 0 Å². The monoisotopic (exact) mass is 298 g/mol. The fourth-order valence-corrected chi connectivity index (χ4v) is 3.76. The highest BCUT2D eigenvalue weighted by atomic mass is 16.5. The third kappa shape index (κ3) is 5.24. The van der Waals surface area contributed by atoms with Crippen LogP contribution in [0.2, 0.25) is 0 Å².